The number of nitriles is 1. The number of halogens is 4. The number of carbonyl (C=O) groups is 3. The average Bonchev–Trinajstić information content (AvgIpc) is 3.87. The Morgan fingerprint density at radius 1 is 1.03 bits per heavy atom. The van der Waals surface area contributed by atoms with Gasteiger partial charge in [0.15, 0.2) is 5.69 Å². The molecule has 4 aromatic rings. The molecule has 59 heavy (non-hydrogen) atoms. The Labute approximate surface area is 338 Å². The number of hydrogen-bond donors (Lipinski definition) is 1. The van der Waals surface area contributed by atoms with Crippen LogP contribution in [-0.4, -0.2) is 102 Å². The molecule has 0 bridgehead atoms. The first-order valence-corrected chi connectivity index (χ1v) is 19.8. The highest BCUT2D eigenvalue weighted by molar-refractivity contribution is 6.07. The van der Waals surface area contributed by atoms with Gasteiger partial charge in [-0.15, -0.1) is 0 Å². The van der Waals surface area contributed by atoms with Gasteiger partial charge in [-0.25, -0.2) is 9.07 Å². The molecule has 5 heterocycles. The van der Waals surface area contributed by atoms with Gasteiger partial charge in [-0.2, -0.15) is 23.5 Å². The molecule has 0 radical (unpaired) electrons. The number of fused-ring (bicyclic) bond motifs is 1. The molecule has 16 heteroatoms. The molecule has 0 unspecified atom stereocenters. The number of benzene rings is 3. The number of nitrogens with one attached hydrogen (secondary N) is 1. The molecule has 1 N–H and O–H groups in total. The standard InChI is InChI=1S/C43H43F4N7O5/c1-2-52-39-35(34(27-11-13-30(44)14-12-27)36(40(52)56)49-38(55)28-6-3-7-29(22-28)43(45,46)47)37(41(57)53-17-5-9-32(53)24-48)50-54(39)31-8-4-10-33(23-31)59-21-20-51-18-15-42(16-19-51)25-58-26-42/h3-4,6-8,10-14,22-23,32,34,36H,2,5,9,15-21,25-26H2,1H3,(H,49,55)/t32-,34+,36+/m0/s1. The number of nitrogens with zero attached hydrogens (tertiary/aromatic N) is 6. The van der Waals surface area contributed by atoms with Crippen LogP contribution in [0, 0.1) is 22.6 Å². The van der Waals surface area contributed by atoms with Gasteiger partial charge in [0.25, 0.3) is 17.7 Å². The fourth-order valence-electron chi connectivity index (χ4n) is 8.64. The summed E-state index contributed by atoms with van der Waals surface area (Å²) in [4.78, 5) is 48.4. The number of ether oxygens (including phenoxy) is 2. The fourth-order valence-corrected chi connectivity index (χ4v) is 8.64. The van der Waals surface area contributed by atoms with E-state index in [1.54, 1.807) is 31.2 Å². The van der Waals surface area contributed by atoms with Crippen LogP contribution < -0.4 is 15.0 Å². The van der Waals surface area contributed by atoms with Gasteiger partial charge >= 0.3 is 6.18 Å². The van der Waals surface area contributed by atoms with Crippen molar-refractivity contribution in [3.8, 4) is 17.5 Å². The van der Waals surface area contributed by atoms with Crippen molar-refractivity contribution < 1.29 is 41.4 Å². The largest absolute Gasteiger partial charge is 0.492 e. The van der Waals surface area contributed by atoms with E-state index in [2.05, 4.69) is 16.3 Å². The Kier molecular flexibility index (Phi) is 10.9. The van der Waals surface area contributed by atoms with Gasteiger partial charge in [0.05, 0.1) is 30.5 Å². The summed E-state index contributed by atoms with van der Waals surface area (Å²) in [6.07, 6.45) is -1.53. The molecule has 3 fully saturated rings. The summed E-state index contributed by atoms with van der Waals surface area (Å²) in [6.45, 7) is 6.74. The maximum Gasteiger partial charge on any atom is 0.416 e. The third kappa shape index (κ3) is 7.76. The molecule has 3 aromatic carbocycles. The van der Waals surface area contributed by atoms with Crippen molar-refractivity contribution in [1.29, 1.82) is 5.26 Å². The summed E-state index contributed by atoms with van der Waals surface area (Å²) in [5.41, 5.74) is -0.140. The highest BCUT2D eigenvalue weighted by Gasteiger charge is 2.48. The van der Waals surface area contributed by atoms with Gasteiger partial charge in [-0.1, -0.05) is 24.3 Å². The van der Waals surface area contributed by atoms with E-state index < -0.39 is 53.3 Å². The molecule has 8 rings (SSSR count). The van der Waals surface area contributed by atoms with Crippen molar-refractivity contribution in [3.05, 3.63) is 107 Å². The number of likely N-dealkylation sites (tertiary alicyclic amines) is 2. The summed E-state index contributed by atoms with van der Waals surface area (Å²) in [6, 6.07) is 16.1. The number of aromatic nitrogens is 2. The second kappa shape index (κ2) is 16.1. The summed E-state index contributed by atoms with van der Waals surface area (Å²) < 4.78 is 68.6. The topological polar surface area (TPSA) is 133 Å². The van der Waals surface area contributed by atoms with Crippen LogP contribution in [0.1, 0.15) is 76.1 Å². The molecule has 0 saturated carbocycles. The molecule has 308 valence electrons. The minimum Gasteiger partial charge on any atom is -0.492 e. The molecular weight excluding hydrogens is 771 g/mol. The van der Waals surface area contributed by atoms with E-state index in [4.69, 9.17) is 14.6 Å². The van der Waals surface area contributed by atoms with Crippen LogP contribution in [0.15, 0.2) is 72.8 Å². The Balaban J connectivity index is 1.19. The quantitative estimate of drug-likeness (QED) is 0.195. The summed E-state index contributed by atoms with van der Waals surface area (Å²) in [5.74, 6) is -3.17. The van der Waals surface area contributed by atoms with Gasteiger partial charge in [0.1, 0.15) is 36.1 Å². The Morgan fingerprint density at radius 2 is 1.78 bits per heavy atom. The van der Waals surface area contributed by atoms with Gasteiger partial charge in [0.2, 0.25) is 0 Å². The Hall–Kier alpha value is -5.79. The Bertz CT molecular complexity index is 2280. The second-order valence-electron chi connectivity index (χ2n) is 15.6. The molecule has 1 spiro atoms. The van der Waals surface area contributed by atoms with E-state index in [0.29, 0.717) is 47.9 Å². The van der Waals surface area contributed by atoms with E-state index in [0.717, 1.165) is 57.8 Å². The lowest BCUT2D eigenvalue weighted by Crippen LogP contribution is -2.55. The van der Waals surface area contributed by atoms with E-state index in [1.807, 2.05) is 0 Å². The van der Waals surface area contributed by atoms with Crippen molar-refractivity contribution >= 4 is 23.5 Å². The van der Waals surface area contributed by atoms with Crippen LogP contribution in [0.25, 0.3) is 5.69 Å². The number of anilines is 1. The van der Waals surface area contributed by atoms with Gasteiger partial charge in [-0.05, 0) is 93.7 Å². The first-order valence-electron chi connectivity index (χ1n) is 19.8. The minimum atomic E-state index is -4.73. The smallest absolute Gasteiger partial charge is 0.416 e. The lowest BCUT2D eigenvalue weighted by atomic mass is 9.77. The molecule has 4 aliphatic rings. The monoisotopic (exact) mass is 813 g/mol. The Morgan fingerprint density at radius 3 is 2.46 bits per heavy atom. The van der Waals surface area contributed by atoms with E-state index >= 15 is 0 Å². The third-order valence-corrected chi connectivity index (χ3v) is 11.9. The third-order valence-electron chi connectivity index (χ3n) is 11.9. The van der Waals surface area contributed by atoms with Crippen LogP contribution in [0.2, 0.25) is 0 Å². The van der Waals surface area contributed by atoms with Crippen molar-refractivity contribution in [3.63, 3.8) is 0 Å². The number of carbonyl (C=O) groups excluding carboxylic acids is 3. The summed E-state index contributed by atoms with van der Waals surface area (Å²) >= 11 is 0. The number of likely N-dealkylation sites (N-methyl/N-ethyl adjacent to an activating group) is 1. The number of piperidine rings is 1. The van der Waals surface area contributed by atoms with Gasteiger partial charge in [-0.3, -0.25) is 24.2 Å². The maximum absolute atomic E-state index is 14.7. The lowest BCUT2D eigenvalue weighted by molar-refractivity contribution is -0.139. The molecule has 1 aromatic heterocycles. The minimum absolute atomic E-state index is 0.0429. The molecule has 3 amide bonds. The zero-order valence-electron chi connectivity index (χ0n) is 32.4. The van der Waals surface area contributed by atoms with Crippen molar-refractivity contribution in [1.82, 2.24) is 24.9 Å². The molecule has 0 aliphatic carbocycles. The number of hydrogen-bond acceptors (Lipinski definition) is 8. The predicted octanol–water partition coefficient (Wildman–Crippen LogP) is 5.95. The van der Waals surface area contributed by atoms with Crippen LogP contribution in [-0.2, 0) is 15.7 Å². The van der Waals surface area contributed by atoms with Gasteiger partial charge < -0.3 is 19.7 Å². The zero-order valence-corrected chi connectivity index (χ0v) is 32.4. The summed E-state index contributed by atoms with van der Waals surface area (Å²) in [7, 11) is 0. The van der Waals surface area contributed by atoms with Crippen molar-refractivity contribution in [2.45, 2.75) is 56.8 Å². The summed E-state index contributed by atoms with van der Waals surface area (Å²) in [5, 5.41) is 17.5. The van der Waals surface area contributed by atoms with Crippen LogP contribution >= 0.6 is 0 Å². The normalized spacial score (nSPS) is 21.5. The van der Waals surface area contributed by atoms with Crippen molar-refractivity contribution in [2.24, 2.45) is 5.41 Å². The lowest BCUT2D eigenvalue weighted by Gasteiger charge is -2.47. The molecule has 3 saturated heterocycles. The average molecular weight is 814 g/mol. The van der Waals surface area contributed by atoms with E-state index in [9.17, 15) is 37.2 Å². The predicted molar refractivity (Wildman–Crippen MR) is 207 cm³/mol. The van der Waals surface area contributed by atoms with E-state index in [1.165, 1.54) is 44.8 Å². The number of rotatable bonds is 10. The number of amides is 3. The molecular formula is C43H43F4N7O5. The highest BCUT2D eigenvalue weighted by Crippen LogP contribution is 2.45. The maximum atomic E-state index is 14.7. The van der Waals surface area contributed by atoms with Crippen LogP contribution in [0.5, 0.6) is 5.75 Å². The highest BCUT2D eigenvalue weighted by atomic mass is 19.4. The SMILES string of the molecule is CCN1C(=O)[C@H](NC(=O)c2cccc(C(F)(F)F)c2)[C@H](c2ccc(F)cc2)c2c(C(=O)N3CCC[C@H]3C#N)nn(-c3cccc(OCCN4CCC5(CC4)COC5)c3)c21. The molecule has 12 nitrogen and oxygen atoms in total. The van der Waals surface area contributed by atoms with Crippen LogP contribution in [0.3, 0.4) is 0 Å². The zero-order chi connectivity index (χ0) is 41.5. The van der Waals surface area contributed by atoms with Gasteiger partial charge in [0, 0.05) is 48.2 Å². The molecule has 4 aliphatic heterocycles. The molecule has 3 atom stereocenters. The first kappa shape index (κ1) is 40.0. The second-order valence-corrected chi connectivity index (χ2v) is 15.6. The fraction of sp³-hybridized carbons (Fsp3) is 0.419. The first-order chi connectivity index (χ1) is 28.4. The van der Waals surface area contributed by atoms with E-state index in [-0.39, 0.29) is 35.7 Å². The number of alkyl halides is 3. The van der Waals surface area contributed by atoms with Crippen molar-refractivity contribution in [2.75, 3.05) is 57.4 Å². The van der Waals surface area contributed by atoms with Crippen LogP contribution in [0.4, 0.5) is 23.4 Å².